The number of sulfonamides is 1. The summed E-state index contributed by atoms with van der Waals surface area (Å²) in [6, 6.07) is 12.7. The Balaban J connectivity index is 2.18. The quantitative estimate of drug-likeness (QED) is 0.742. The lowest BCUT2D eigenvalue weighted by molar-refractivity contribution is -0.122. The van der Waals surface area contributed by atoms with Crippen LogP contribution in [0.15, 0.2) is 53.4 Å². The molecule has 0 atom stereocenters. The van der Waals surface area contributed by atoms with Crippen molar-refractivity contribution in [3.8, 4) is 0 Å². The van der Waals surface area contributed by atoms with Gasteiger partial charge in [0.2, 0.25) is 5.91 Å². The van der Waals surface area contributed by atoms with Crippen LogP contribution in [0.1, 0.15) is 29.8 Å². The van der Waals surface area contributed by atoms with Gasteiger partial charge in [-0.1, -0.05) is 18.2 Å². The van der Waals surface area contributed by atoms with Gasteiger partial charge >= 0.3 is 0 Å². The Kier molecular flexibility index (Phi) is 6.80. The average molecular weight is 404 g/mol. The zero-order valence-corrected chi connectivity index (χ0v) is 17.2. The molecular formula is C20H25N3O4S. The summed E-state index contributed by atoms with van der Waals surface area (Å²) in [7, 11) is -2.36. The Morgan fingerprint density at radius 1 is 1.07 bits per heavy atom. The second-order valence-corrected chi connectivity index (χ2v) is 8.57. The fourth-order valence-corrected chi connectivity index (χ4v) is 3.69. The van der Waals surface area contributed by atoms with E-state index in [4.69, 9.17) is 0 Å². The Bertz CT molecular complexity index is 971. The maximum Gasteiger partial charge on any atom is 0.261 e. The molecule has 2 aromatic rings. The van der Waals surface area contributed by atoms with Gasteiger partial charge in [-0.2, -0.15) is 0 Å². The summed E-state index contributed by atoms with van der Waals surface area (Å²) < 4.78 is 27.8. The van der Waals surface area contributed by atoms with E-state index in [0.717, 1.165) is 5.56 Å². The molecule has 7 nitrogen and oxygen atoms in total. The minimum Gasteiger partial charge on any atom is -0.352 e. The van der Waals surface area contributed by atoms with Crippen molar-refractivity contribution in [3.05, 3.63) is 59.7 Å². The number of hydrogen-bond donors (Lipinski definition) is 2. The first kappa shape index (κ1) is 21.4. The molecule has 150 valence electrons. The largest absolute Gasteiger partial charge is 0.352 e. The van der Waals surface area contributed by atoms with Gasteiger partial charge in [0.05, 0.1) is 11.4 Å². The first-order valence-electron chi connectivity index (χ1n) is 8.83. The van der Waals surface area contributed by atoms with E-state index in [1.54, 1.807) is 18.2 Å². The maximum atomic E-state index is 12.7. The highest BCUT2D eigenvalue weighted by molar-refractivity contribution is 7.92. The molecule has 0 unspecified atom stereocenters. The maximum absolute atomic E-state index is 12.7. The molecule has 0 aliphatic rings. The second-order valence-electron chi connectivity index (χ2n) is 6.89. The highest BCUT2D eigenvalue weighted by Gasteiger charge is 2.19. The standard InChI is InChI=1S/C20H25N3O4S/c1-14(2)21-19(24)13-23(4)20(25)16-8-6-10-18(12-16)28(26,27)22-17-9-5-7-15(3)11-17/h5-12,14,22H,13H2,1-4H3,(H,21,24). The molecule has 0 radical (unpaired) electrons. The third-order valence-electron chi connectivity index (χ3n) is 3.84. The van der Waals surface area contributed by atoms with Gasteiger partial charge in [-0.25, -0.2) is 8.42 Å². The van der Waals surface area contributed by atoms with Crippen LogP contribution in [0, 0.1) is 6.92 Å². The van der Waals surface area contributed by atoms with Crippen molar-refractivity contribution in [2.45, 2.75) is 31.7 Å². The van der Waals surface area contributed by atoms with Crippen molar-refractivity contribution < 1.29 is 18.0 Å². The van der Waals surface area contributed by atoms with Crippen molar-refractivity contribution >= 4 is 27.5 Å². The predicted molar refractivity (Wildman–Crippen MR) is 109 cm³/mol. The summed E-state index contributed by atoms with van der Waals surface area (Å²) in [6.45, 7) is 5.41. The highest BCUT2D eigenvalue weighted by Crippen LogP contribution is 2.18. The Hall–Kier alpha value is -2.87. The Morgan fingerprint density at radius 2 is 1.75 bits per heavy atom. The number of carbonyl (C=O) groups excluding carboxylic acids is 2. The number of anilines is 1. The third-order valence-corrected chi connectivity index (χ3v) is 5.22. The lowest BCUT2D eigenvalue weighted by Gasteiger charge is -2.18. The summed E-state index contributed by atoms with van der Waals surface area (Å²) in [4.78, 5) is 25.6. The summed E-state index contributed by atoms with van der Waals surface area (Å²) >= 11 is 0. The van der Waals surface area contributed by atoms with E-state index < -0.39 is 15.9 Å². The van der Waals surface area contributed by atoms with Crippen molar-refractivity contribution in [2.24, 2.45) is 0 Å². The Morgan fingerprint density at radius 3 is 2.39 bits per heavy atom. The molecule has 2 rings (SSSR count). The number of nitrogens with zero attached hydrogens (tertiary/aromatic N) is 1. The number of carbonyl (C=O) groups is 2. The molecular weight excluding hydrogens is 378 g/mol. The number of aryl methyl sites for hydroxylation is 1. The van der Waals surface area contributed by atoms with Crippen LogP contribution >= 0.6 is 0 Å². The average Bonchev–Trinajstić information content (AvgIpc) is 2.60. The normalized spacial score (nSPS) is 11.2. The lowest BCUT2D eigenvalue weighted by Crippen LogP contribution is -2.40. The van der Waals surface area contributed by atoms with Crippen molar-refractivity contribution in [3.63, 3.8) is 0 Å². The number of amides is 2. The van der Waals surface area contributed by atoms with Crippen LogP contribution in [0.3, 0.4) is 0 Å². The zero-order valence-electron chi connectivity index (χ0n) is 16.4. The molecule has 0 bridgehead atoms. The van der Waals surface area contributed by atoms with Crippen molar-refractivity contribution in [1.29, 1.82) is 0 Å². The minimum absolute atomic E-state index is 0.0279. The smallest absolute Gasteiger partial charge is 0.261 e. The molecule has 28 heavy (non-hydrogen) atoms. The van der Waals surface area contributed by atoms with Gasteiger partial charge in [0, 0.05) is 24.3 Å². The molecule has 0 saturated heterocycles. The molecule has 2 amide bonds. The molecule has 0 saturated carbocycles. The van der Waals surface area contributed by atoms with Crippen molar-refractivity contribution in [2.75, 3.05) is 18.3 Å². The first-order chi connectivity index (χ1) is 13.1. The van der Waals surface area contributed by atoms with Gasteiger partial charge in [-0.15, -0.1) is 0 Å². The molecule has 0 spiro atoms. The molecule has 0 fully saturated rings. The number of likely N-dealkylation sites (N-methyl/N-ethyl adjacent to an activating group) is 1. The van der Waals surface area contributed by atoms with Crippen LogP contribution in [-0.4, -0.2) is 44.8 Å². The number of hydrogen-bond acceptors (Lipinski definition) is 4. The van der Waals surface area contributed by atoms with Gasteiger partial charge in [0.1, 0.15) is 0 Å². The van der Waals surface area contributed by atoms with Crippen LogP contribution in [0.25, 0.3) is 0 Å². The minimum atomic E-state index is -3.85. The summed E-state index contributed by atoms with van der Waals surface area (Å²) in [5.74, 6) is -0.720. The summed E-state index contributed by atoms with van der Waals surface area (Å²) in [5, 5.41) is 2.71. The fourth-order valence-electron chi connectivity index (χ4n) is 2.59. The first-order valence-corrected chi connectivity index (χ1v) is 10.3. The van der Waals surface area contributed by atoms with Gasteiger partial charge < -0.3 is 10.2 Å². The van der Waals surface area contributed by atoms with Gasteiger partial charge in [-0.3, -0.25) is 14.3 Å². The topological polar surface area (TPSA) is 95.6 Å². The van der Waals surface area contributed by atoms with Gasteiger partial charge in [-0.05, 0) is 56.7 Å². The van der Waals surface area contributed by atoms with E-state index in [9.17, 15) is 18.0 Å². The predicted octanol–water partition coefficient (Wildman–Crippen LogP) is 2.39. The van der Waals surface area contributed by atoms with E-state index >= 15 is 0 Å². The van der Waals surface area contributed by atoms with Crippen LogP contribution < -0.4 is 10.0 Å². The zero-order chi connectivity index (χ0) is 20.9. The Labute approximate surface area is 165 Å². The van der Waals surface area contributed by atoms with E-state index in [1.807, 2.05) is 26.8 Å². The van der Waals surface area contributed by atoms with Crippen LogP contribution in [0.5, 0.6) is 0 Å². The SMILES string of the molecule is Cc1cccc(NS(=O)(=O)c2cccc(C(=O)N(C)CC(=O)NC(C)C)c2)c1. The van der Waals surface area contributed by atoms with Crippen molar-refractivity contribution in [1.82, 2.24) is 10.2 Å². The molecule has 0 aliphatic carbocycles. The summed E-state index contributed by atoms with van der Waals surface area (Å²) in [6.07, 6.45) is 0. The number of rotatable bonds is 7. The van der Waals surface area contributed by atoms with Gasteiger partial charge in [0.25, 0.3) is 15.9 Å². The van der Waals surface area contributed by atoms with E-state index in [-0.39, 0.29) is 29.0 Å². The monoisotopic (exact) mass is 403 g/mol. The van der Waals surface area contributed by atoms with E-state index in [2.05, 4.69) is 10.0 Å². The second kappa shape index (κ2) is 8.88. The van der Waals surface area contributed by atoms with Crippen LogP contribution in [-0.2, 0) is 14.8 Å². The molecule has 0 aromatic heterocycles. The van der Waals surface area contributed by atoms with Crippen LogP contribution in [0.2, 0.25) is 0 Å². The van der Waals surface area contributed by atoms with Gasteiger partial charge in [0.15, 0.2) is 0 Å². The van der Waals surface area contributed by atoms with E-state index in [0.29, 0.717) is 5.69 Å². The number of benzene rings is 2. The third kappa shape index (κ3) is 5.82. The fraction of sp³-hybridized carbons (Fsp3) is 0.300. The molecule has 2 aromatic carbocycles. The lowest BCUT2D eigenvalue weighted by atomic mass is 10.2. The molecule has 0 aliphatic heterocycles. The van der Waals surface area contributed by atoms with E-state index in [1.165, 1.54) is 36.2 Å². The molecule has 8 heteroatoms. The number of nitrogens with one attached hydrogen (secondary N) is 2. The highest BCUT2D eigenvalue weighted by atomic mass is 32.2. The molecule has 0 heterocycles. The summed E-state index contributed by atoms with van der Waals surface area (Å²) in [5.41, 5.74) is 1.55. The molecule has 2 N–H and O–H groups in total. The van der Waals surface area contributed by atoms with Crippen LogP contribution in [0.4, 0.5) is 5.69 Å².